The minimum atomic E-state index is -3.72. The monoisotopic (exact) mass is 322 g/mol. The number of nitriles is 1. The van der Waals surface area contributed by atoms with Gasteiger partial charge in [0.1, 0.15) is 11.6 Å². The number of rotatable bonds is 4. The third kappa shape index (κ3) is 2.45. The van der Waals surface area contributed by atoms with Crippen molar-refractivity contribution in [1.29, 1.82) is 5.26 Å². The van der Waals surface area contributed by atoms with Crippen LogP contribution in [0.25, 0.3) is 0 Å². The van der Waals surface area contributed by atoms with Crippen LogP contribution in [0.5, 0.6) is 0 Å². The van der Waals surface area contributed by atoms with Crippen molar-refractivity contribution in [2.75, 3.05) is 6.61 Å². The lowest BCUT2D eigenvalue weighted by atomic mass is 9.99. The van der Waals surface area contributed by atoms with Gasteiger partial charge in [-0.15, -0.1) is 0 Å². The van der Waals surface area contributed by atoms with Crippen molar-refractivity contribution < 1.29 is 18.3 Å². The summed E-state index contributed by atoms with van der Waals surface area (Å²) < 4.78 is 31.7. The van der Waals surface area contributed by atoms with Crippen LogP contribution < -0.4 is 0 Å². The van der Waals surface area contributed by atoms with Gasteiger partial charge < -0.3 is 9.84 Å². The largest absolute Gasteiger partial charge is 0.480 e. The molecule has 1 aromatic carbocycles. The van der Waals surface area contributed by atoms with Crippen LogP contribution in [0.2, 0.25) is 0 Å². The summed E-state index contributed by atoms with van der Waals surface area (Å²) in [6.07, 6.45) is 0. The number of aliphatic hydroxyl groups is 1. The van der Waals surface area contributed by atoms with Crippen molar-refractivity contribution in [2.45, 2.75) is 37.8 Å². The van der Waals surface area contributed by atoms with Crippen LogP contribution >= 0.6 is 0 Å². The standard InChI is InChI=1S/C15H18N2O4S/c1-4-21-15(18)12(9-16)14-11-7-5-6-8-13(11)22(19,20)17(14)10(2)3/h5-8,10,14,18H,4H2,1-3H3/b15-12-. The maximum atomic E-state index is 12.7. The highest BCUT2D eigenvalue weighted by Gasteiger charge is 2.47. The quantitative estimate of drug-likeness (QED) is 0.679. The average molecular weight is 322 g/mol. The van der Waals surface area contributed by atoms with E-state index >= 15 is 0 Å². The summed E-state index contributed by atoms with van der Waals surface area (Å²) >= 11 is 0. The lowest BCUT2D eigenvalue weighted by Gasteiger charge is -2.26. The van der Waals surface area contributed by atoms with E-state index < -0.39 is 22.0 Å². The summed E-state index contributed by atoms with van der Waals surface area (Å²) in [6.45, 7) is 5.30. The van der Waals surface area contributed by atoms with Crippen molar-refractivity contribution in [3.63, 3.8) is 0 Å². The van der Waals surface area contributed by atoms with E-state index in [1.807, 2.05) is 6.07 Å². The van der Waals surface area contributed by atoms with Crippen LogP contribution in [-0.4, -0.2) is 30.5 Å². The molecule has 0 aliphatic carbocycles. The number of hydrogen-bond donors (Lipinski definition) is 1. The number of ether oxygens (including phenoxy) is 1. The van der Waals surface area contributed by atoms with Crippen LogP contribution in [0, 0.1) is 11.3 Å². The molecule has 1 atom stereocenters. The first-order chi connectivity index (χ1) is 10.4. The summed E-state index contributed by atoms with van der Waals surface area (Å²) in [5, 5.41) is 19.4. The maximum absolute atomic E-state index is 12.7. The van der Waals surface area contributed by atoms with Crippen LogP contribution in [-0.2, 0) is 14.8 Å². The predicted octanol–water partition coefficient (Wildman–Crippen LogP) is 2.47. The number of fused-ring (bicyclic) bond motifs is 1. The summed E-state index contributed by atoms with van der Waals surface area (Å²) in [4.78, 5) is 0.158. The van der Waals surface area contributed by atoms with E-state index in [2.05, 4.69) is 0 Å². The molecular weight excluding hydrogens is 304 g/mol. The summed E-state index contributed by atoms with van der Waals surface area (Å²) in [6, 6.07) is 7.14. The number of hydrogen-bond acceptors (Lipinski definition) is 5. The van der Waals surface area contributed by atoms with E-state index in [0.29, 0.717) is 5.56 Å². The Morgan fingerprint density at radius 3 is 2.64 bits per heavy atom. The van der Waals surface area contributed by atoms with Gasteiger partial charge in [-0.3, -0.25) is 0 Å². The Morgan fingerprint density at radius 2 is 2.09 bits per heavy atom. The van der Waals surface area contributed by atoms with Gasteiger partial charge in [-0.1, -0.05) is 18.2 Å². The van der Waals surface area contributed by atoms with Gasteiger partial charge in [-0.05, 0) is 32.4 Å². The van der Waals surface area contributed by atoms with E-state index in [9.17, 15) is 18.8 Å². The van der Waals surface area contributed by atoms with Crippen LogP contribution in [0.1, 0.15) is 32.4 Å². The summed E-state index contributed by atoms with van der Waals surface area (Å²) in [5.41, 5.74) is 0.364. The molecule has 0 saturated carbocycles. The molecule has 22 heavy (non-hydrogen) atoms. The molecule has 1 unspecified atom stereocenters. The molecule has 0 bridgehead atoms. The highest BCUT2D eigenvalue weighted by atomic mass is 32.2. The van der Waals surface area contributed by atoms with Gasteiger partial charge in [0.2, 0.25) is 10.0 Å². The minimum absolute atomic E-state index is 0.107. The second kappa shape index (κ2) is 5.99. The summed E-state index contributed by atoms with van der Waals surface area (Å²) in [7, 11) is -3.72. The molecule has 1 N–H and O–H groups in total. The van der Waals surface area contributed by atoms with Gasteiger partial charge in [0.15, 0.2) is 0 Å². The Kier molecular flexibility index (Phi) is 4.44. The van der Waals surface area contributed by atoms with Crippen molar-refractivity contribution in [3.8, 4) is 6.07 Å². The highest BCUT2D eigenvalue weighted by Crippen LogP contribution is 2.45. The van der Waals surface area contributed by atoms with E-state index in [0.717, 1.165) is 0 Å². The maximum Gasteiger partial charge on any atom is 0.293 e. The Hall–Kier alpha value is -2.04. The number of sulfonamides is 1. The fourth-order valence-corrected chi connectivity index (χ4v) is 4.64. The van der Waals surface area contributed by atoms with Gasteiger partial charge in [-0.25, -0.2) is 8.42 Å². The molecule has 6 nitrogen and oxygen atoms in total. The lowest BCUT2D eigenvalue weighted by Crippen LogP contribution is -2.35. The number of aliphatic hydroxyl groups excluding tert-OH is 1. The molecule has 1 aliphatic heterocycles. The Balaban J connectivity index is 2.73. The van der Waals surface area contributed by atoms with Gasteiger partial charge in [0.25, 0.3) is 5.95 Å². The van der Waals surface area contributed by atoms with Crippen LogP contribution in [0.3, 0.4) is 0 Å². The average Bonchev–Trinajstić information content (AvgIpc) is 2.69. The smallest absolute Gasteiger partial charge is 0.293 e. The van der Waals surface area contributed by atoms with Crippen molar-refractivity contribution in [1.82, 2.24) is 4.31 Å². The van der Waals surface area contributed by atoms with Gasteiger partial charge in [0.05, 0.1) is 17.5 Å². The molecule has 1 heterocycles. The Bertz CT molecular complexity index is 747. The van der Waals surface area contributed by atoms with Gasteiger partial charge in [0, 0.05) is 6.04 Å². The fraction of sp³-hybridized carbons (Fsp3) is 0.400. The zero-order chi connectivity index (χ0) is 16.5. The Labute approximate surface area is 130 Å². The van der Waals surface area contributed by atoms with Crippen molar-refractivity contribution in [3.05, 3.63) is 41.3 Å². The highest BCUT2D eigenvalue weighted by molar-refractivity contribution is 7.89. The molecule has 0 amide bonds. The summed E-state index contributed by atoms with van der Waals surface area (Å²) in [5.74, 6) is -0.535. The lowest BCUT2D eigenvalue weighted by molar-refractivity contribution is 0.0948. The van der Waals surface area contributed by atoms with Gasteiger partial charge >= 0.3 is 0 Å². The van der Waals surface area contributed by atoms with E-state index in [-0.39, 0.29) is 23.1 Å². The zero-order valence-corrected chi connectivity index (χ0v) is 13.5. The third-order valence-corrected chi connectivity index (χ3v) is 5.55. The van der Waals surface area contributed by atoms with Crippen molar-refractivity contribution >= 4 is 10.0 Å². The first-order valence-electron chi connectivity index (χ1n) is 6.94. The molecular formula is C15H18N2O4S. The topological polar surface area (TPSA) is 90.6 Å². The Morgan fingerprint density at radius 1 is 1.45 bits per heavy atom. The molecule has 0 aromatic heterocycles. The molecule has 2 rings (SSSR count). The molecule has 118 valence electrons. The van der Waals surface area contributed by atoms with E-state index in [1.165, 1.54) is 10.4 Å². The fourth-order valence-electron chi connectivity index (χ4n) is 2.63. The first kappa shape index (κ1) is 16.3. The normalized spacial score (nSPS) is 21.1. The molecule has 0 fully saturated rings. The molecule has 7 heteroatoms. The third-order valence-electron chi connectivity index (χ3n) is 3.44. The first-order valence-corrected chi connectivity index (χ1v) is 8.38. The van der Waals surface area contributed by atoms with E-state index in [4.69, 9.17) is 4.74 Å². The number of nitrogens with zero attached hydrogens (tertiary/aromatic N) is 2. The minimum Gasteiger partial charge on any atom is -0.480 e. The molecule has 0 saturated heterocycles. The second-order valence-electron chi connectivity index (χ2n) is 5.13. The zero-order valence-electron chi connectivity index (χ0n) is 12.6. The SMILES string of the molecule is CCO/C(O)=C(/C#N)C1c2ccccc2S(=O)(=O)N1C(C)C. The van der Waals surface area contributed by atoms with Crippen LogP contribution in [0.15, 0.2) is 40.7 Å². The molecule has 1 aromatic rings. The van der Waals surface area contributed by atoms with Crippen molar-refractivity contribution in [2.24, 2.45) is 0 Å². The second-order valence-corrected chi connectivity index (χ2v) is 6.94. The molecule has 1 aliphatic rings. The predicted molar refractivity (Wildman–Crippen MR) is 80.2 cm³/mol. The molecule has 0 spiro atoms. The van der Waals surface area contributed by atoms with Gasteiger partial charge in [-0.2, -0.15) is 9.57 Å². The van der Waals surface area contributed by atoms with E-state index in [1.54, 1.807) is 39.0 Å². The number of benzene rings is 1. The van der Waals surface area contributed by atoms with Crippen LogP contribution in [0.4, 0.5) is 0 Å². The molecule has 0 radical (unpaired) electrons.